The maximum absolute atomic E-state index is 12.0. The van der Waals surface area contributed by atoms with Gasteiger partial charge in [-0.05, 0) is 30.3 Å². The Kier molecular flexibility index (Phi) is 4.33. The van der Waals surface area contributed by atoms with Gasteiger partial charge in [-0.3, -0.25) is 4.68 Å². The quantitative estimate of drug-likeness (QED) is 0.874. The Morgan fingerprint density at radius 2 is 2.00 bits per heavy atom. The minimum atomic E-state index is -2.79. The number of ether oxygens (including phenoxy) is 1. The van der Waals surface area contributed by atoms with Crippen LogP contribution in [0, 0.1) is 0 Å². The first-order valence-electron chi connectivity index (χ1n) is 5.91. The molecule has 19 heavy (non-hydrogen) atoms. The summed E-state index contributed by atoms with van der Waals surface area (Å²) in [5.74, 6) is 0.159. The minimum Gasteiger partial charge on any atom is -0.435 e. The Morgan fingerprint density at radius 1 is 1.26 bits per heavy atom. The van der Waals surface area contributed by atoms with Crippen LogP contribution in [-0.2, 0) is 13.5 Å². The van der Waals surface area contributed by atoms with E-state index in [1.807, 2.05) is 17.8 Å². The van der Waals surface area contributed by atoms with Gasteiger partial charge in [0.1, 0.15) is 5.75 Å². The Morgan fingerprint density at radius 3 is 2.58 bits per heavy atom. The number of nitrogens with one attached hydrogen (secondary N) is 1. The van der Waals surface area contributed by atoms with Gasteiger partial charge in [0, 0.05) is 37.6 Å². The number of aryl methyl sites for hydroxylation is 1. The number of aromatic nitrogens is 2. The first kappa shape index (κ1) is 13.3. The molecule has 102 valence electrons. The summed E-state index contributed by atoms with van der Waals surface area (Å²) in [6.07, 6.45) is 2.59. The lowest BCUT2D eigenvalue weighted by Gasteiger charge is -2.08. The lowest BCUT2D eigenvalue weighted by Crippen LogP contribution is -2.08. The monoisotopic (exact) mass is 267 g/mol. The molecule has 4 nitrogen and oxygen atoms in total. The number of rotatable bonds is 6. The van der Waals surface area contributed by atoms with E-state index in [9.17, 15) is 8.78 Å². The highest BCUT2D eigenvalue weighted by Gasteiger charge is 2.03. The van der Waals surface area contributed by atoms with E-state index < -0.39 is 6.61 Å². The maximum atomic E-state index is 12.0. The Labute approximate surface area is 110 Å². The first-order chi connectivity index (χ1) is 9.15. The normalized spacial score (nSPS) is 10.7. The summed E-state index contributed by atoms with van der Waals surface area (Å²) in [7, 11) is 1.89. The molecule has 0 bridgehead atoms. The zero-order valence-electron chi connectivity index (χ0n) is 10.5. The summed E-state index contributed by atoms with van der Waals surface area (Å²) < 4.78 is 30.0. The van der Waals surface area contributed by atoms with Gasteiger partial charge in [0.25, 0.3) is 0 Å². The molecule has 6 heteroatoms. The van der Waals surface area contributed by atoms with Crippen molar-refractivity contribution in [3.05, 3.63) is 42.2 Å². The molecule has 0 aliphatic carbocycles. The average molecular weight is 267 g/mol. The summed E-state index contributed by atoms with van der Waals surface area (Å²) >= 11 is 0. The fourth-order valence-electron chi connectivity index (χ4n) is 1.74. The van der Waals surface area contributed by atoms with Crippen LogP contribution in [0.3, 0.4) is 0 Å². The molecule has 0 fully saturated rings. The topological polar surface area (TPSA) is 39.1 Å². The largest absolute Gasteiger partial charge is 0.435 e. The van der Waals surface area contributed by atoms with Crippen molar-refractivity contribution in [2.24, 2.45) is 7.05 Å². The van der Waals surface area contributed by atoms with E-state index in [0.29, 0.717) is 0 Å². The van der Waals surface area contributed by atoms with E-state index in [2.05, 4.69) is 15.2 Å². The van der Waals surface area contributed by atoms with Crippen molar-refractivity contribution in [1.29, 1.82) is 0 Å². The highest BCUT2D eigenvalue weighted by Crippen LogP contribution is 2.17. The van der Waals surface area contributed by atoms with Crippen LogP contribution in [0.5, 0.6) is 5.75 Å². The molecule has 0 spiro atoms. The average Bonchev–Trinajstić information content (AvgIpc) is 2.77. The molecule has 1 aromatic heterocycles. The van der Waals surface area contributed by atoms with Crippen LogP contribution in [0.15, 0.2) is 36.5 Å². The highest BCUT2D eigenvalue weighted by molar-refractivity contribution is 5.46. The third-order valence-corrected chi connectivity index (χ3v) is 2.71. The molecule has 2 rings (SSSR count). The van der Waals surface area contributed by atoms with Gasteiger partial charge in [-0.1, -0.05) is 0 Å². The Balaban J connectivity index is 1.81. The van der Waals surface area contributed by atoms with E-state index in [4.69, 9.17) is 0 Å². The lowest BCUT2D eigenvalue weighted by molar-refractivity contribution is -0.0498. The molecule has 0 aliphatic rings. The minimum absolute atomic E-state index is 0.159. The van der Waals surface area contributed by atoms with Crippen LogP contribution in [0.1, 0.15) is 5.69 Å². The number of benzene rings is 1. The number of nitrogens with zero attached hydrogens (tertiary/aromatic N) is 2. The molecule has 0 amide bonds. The number of anilines is 1. The van der Waals surface area contributed by atoms with Crippen LogP contribution in [0.2, 0.25) is 0 Å². The molecule has 0 radical (unpaired) electrons. The third-order valence-electron chi connectivity index (χ3n) is 2.71. The summed E-state index contributed by atoms with van der Waals surface area (Å²) in [6.45, 7) is -2.04. The van der Waals surface area contributed by atoms with E-state index in [1.54, 1.807) is 18.3 Å². The second-order valence-corrected chi connectivity index (χ2v) is 4.03. The van der Waals surface area contributed by atoms with Gasteiger partial charge in [-0.2, -0.15) is 13.9 Å². The van der Waals surface area contributed by atoms with Crippen molar-refractivity contribution < 1.29 is 13.5 Å². The smallest absolute Gasteiger partial charge is 0.387 e. The first-order valence-corrected chi connectivity index (χ1v) is 5.91. The molecule has 0 aliphatic heterocycles. The van der Waals surface area contributed by atoms with Crippen molar-refractivity contribution in [2.45, 2.75) is 13.0 Å². The van der Waals surface area contributed by atoms with Gasteiger partial charge in [0.2, 0.25) is 0 Å². The predicted molar refractivity (Wildman–Crippen MR) is 68.5 cm³/mol. The highest BCUT2D eigenvalue weighted by atomic mass is 19.3. The molecule has 0 saturated carbocycles. The van der Waals surface area contributed by atoms with Gasteiger partial charge >= 0.3 is 6.61 Å². The molecule has 1 heterocycles. The van der Waals surface area contributed by atoms with Crippen molar-refractivity contribution in [2.75, 3.05) is 11.9 Å². The Bertz CT molecular complexity index is 511. The summed E-state index contributed by atoms with van der Waals surface area (Å²) in [5.41, 5.74) is 1.99. The van der Waals surface area contributed by atoms with E-state index in [0.717, 1.165) is 24.3 Å². The van der Waals surface area contributed by atoms with Gasteiger partial charge in [-0.15, -0.1) is 0 Å². The van der Waals surface area contributed by atoms with Crippen LogP contribution in [-0.4, -0.2) is 22.9 Å². The standard InChI is InChI=1S/C13H15F2N3O/c1-18-11(7-9-17-18)6-8-16-10-2-4-12(5-3-10)19-13(14)15/h2-5,7,9,13,16H,6,8H2,1H3. The number of halogens is 2. The fraction of sp³-hybridized carbons (Fsp3) is 0.308. The number of hydrogen-bond acceptors (Lipinski definition) is 3. The van der Waals surface area contributed by atoms with E-state index >= 15 is 0 Å². The van der Waals surface area contributed by atoms with Crippen LogP contribution in [0.4, 0.5) is 14.5 Å². The predicted octanol–water partition coefficient (Wildman–Crippen LogP) is 2.68. The van der Waals surface area contributed by atoms with Crippen molar-refractivity contribution in [3.63, 3.8) is 0 Å². The Hall–Kier alpha value is -2.11. The van der Waals surface area contributed by atoms with Crippen molar-refractivity contribution in [3.8, 4) is 5.75 Å². The molecule has 2 aromatic rings. The molecular weight excluding hydrogens is 252 g/mol. The van der Waals surface area contributed by atoms with E-state index in [1.165, 1.54) is 12.1 Å². The van der Waals surface area contributed by atoms with E-state index in [-0.39, 0.29) is 5.75 Å². The summed E-state index contributed by atoms with van der Waals surface area (Å²) in [5, 5.41) is 7.29. The lowest BCUT2D eigenvalue weighted by atomic mass is 10.2. The molecule has 0 atom stereocenters. The summed E-state index contributed by atoms with van der Waals surface area (Å²) in [6, 6.07) is 8.40. The zero-order chi connectivity index (χ0) is 13.7. The molecule has 0 unspecified atom stereocenters. The third kappa shape index (κ3) is 3.94. The zero-order valence-corrected chi connectivity index (χ0v) is 10.5. The molecule has 1 N–H and O–H groups in total. The maximum Gasteiger partial charge on any atom is 0.387 e. The second-order valence-electron chi connectivity index (χ2n) is 4.03. The molecule has 0 saturated heterocycles. The molecular formula is C13H15F2N3O. The van der Waals surface area contributed by atoms with Crippen molar-refractivity contribution >= 4 is 5.69 Å². The van der Waals surface area contributed by atoms with Gasteiger partial charge in [0.05, 0.1) is 0 Å². The van der Waals surface area contributed by atoms with Crippen LogP contribution < -0.4 is 10.1 Å². The second kappa shape index (κ2) is 6.17. The van der Waals surface area contributed by atoms with Gasteiger partial charge in [-0.25, -0.2) is 0 Å². The summed E-state index contributed by atoms with van der Waals surface area (Å²) in [4.78, 5) is 0. The fourth-order valence-corrected chi connectivity index (χ4v) is 1.74. The van der Waals surface area contributed by atoms with Crippen LogP contribution >= 0.6 is 0 Å². The van der Waals surface area contributed by atoms with Crippen molar-refractivity contribution in [1.82, 2.24) is 9.78 Å². The molecule has 1 aromatic carbocycles. The van der Waals surface area contributed by atoms with Gasteiger partial charge in [0.15, 0.2) is 0 Å². The van der Waals surface area contributed by atoms with Crippen LogP contribution in [0.25, 0.3) is 0 Å². The number of hydrogen-bond donors (Lipinski definition) is 1. The SMILES string of the molecule is Cn1nccc1CCNc1ccc(OC(F)F)cc1. The van der Waals surface area contributed by atoms with Gasteiger partial charge < -0.3 is 10.1 Å². The number of alkyl halides is 2.